The van der Waals surface area contributed by atoms with Crippen LogP contribution in [0, 0.1) is 5.41 Å². The lowest BCUT2D eigenvalue weighted by Gasteiger charge is -2.29. The summed E-state index contributed by atoms with van der Waals surface area (Å²) in [4.78, 5) is 0. The first-order valence-corrected chi connectivity index (χ1v) is 8.17. The molecule has 0 spiro atoms. The summed E-state index contributed by atoms with van der Waals surface area (Å²) in [7, 11) is 3.43. The zero-order valence-electron chi connectivity index (χ0n) is 13.8. The van der Waals surface area contributed by atoms with Crippen molar-refractivity contribution in [2.45, 2.75) is 32.1 Å². The van der Waals surface area contributed by atoms with Gasteiger partial charge in [0, 0.05) is 33.9 Å². The molecule has 0 heterocycles. The minimum absolute atomic E-state index is 0.435. The maximum Gasteiger partial charge on any atom is 0.0701 e. The largest absolute Gasteiger partial charge is 0.383 e. The standard InChI is InChI=1S/C16H33NO4/c1-18-10-8-17-15-16(5-3-4-6-16)7-9-20-13-14-21-12-11-19-2/h17H,3-15H2,1-2H3. The Labute approximate surface area is 129 Å². The van der Waals surface area contributed by atoms with Crippen molar-refractivity contribution in [2.24, 2.45) is 5.41 Å². The molecule has 5 nitrogen and oxygen atoms in total. The van der Waals surface area contributed by atoms with E-state index in [9.17, 15) is 0 Å². The van der Waals surface area contributed by atoms with Gasteiger partial charge in [-0.25, -0.2) is 0 Å². The van der Waals surface area contributed by atoms with E-state index in [-0.39, 0.29) is 0 Å². The van der Waals surface area contributed by atoms with Crippen LogP contribution in [0.1, 0.15) is 32.1 Å². The Morgan fingerprint density at radius 1 is 0.810 bits per heavy atom. The summed E-state index contributed by atoms with van der Waals surface area (Å²) in [6.07, 6.45) is 6.49. The van der Waals surface area contributed by atoms with E-state index in [2.05, 4.69) is 5.32 Å². The molecular weight excluding hydrogens is 270 g/mol. The maximum absolute atomic E-state index is 5.71. The molecule has 1 saturated carbocycles. The second-order valence-electron chi connectivity index (χ2n) is 5.84. The molecule has 0 aliphatic heterocycles. The fraction of sp³-hybridized carbons (Fsp3) is 1.00. The molecule has 126 valence electrons. The van der Waals surface area contributed by atoms with Crippen LogP contribution in [0.15, 0.2) is 0 Å². The first-order valence-electron chi connectivity index (χ1n) is 8.17. The van der Waals surface area contributed by atoms with Gasteiger partial charge in [-0.15, -0.1) is 0 Å². The van der Waals surface area contributed by atoms with Crippen molar-refractivity contribution in [3.05, 3.63) is 0 Å². The van der Waals surface area contributed by atoms with E-state index in [4.69, 9.17) is 18.9 Å². The summed E-state index contributed by atoms with van der Waals surface area (Å²) in [6, 6.07) is 0. The Balaban J connectivity index is 2.05. The molecule has 1 N–H and O–H groups in total. The predicted octanol–water partition coefficient (Wildman–Crippen LogP) is 1.85. The first kappa shape index (κ1) is 18.8. The lowest BCUT2D eigenvalue weighted by atomic mass is 9.83. The Morgan fingerprint density at radius 3 is 2.10 bits per heavy atom. The molecule has 0 bridgehead atoms. The first-order chi connectivity index (χ1) is 10.3. The normalized spacial score (nSPS) is 17.4. The van der Waals surface area contributed by atoms with Crippen LogP contribution in [-0.4, -0.2) is 67.0 Å². The van der Waals surface area contributed by atoms with E-state index in [1.165, 1.54) is 25.7 Å². The molecule has 0 radical (unpaired) electrons. The van der Waals surface area contributed by atoms with Gasteiger partial charge in [-0.1, -0.05) is 12.8 Å². The lowest BCUT2D eigenvalue weighted by Crippen LogP contribution is -2.35. The molecule has 0 amide bonds. The number of nitrogens with one attached hydrogen (secondary N) is 1. The number of rotatable bonds is 14. The van der Waals surface area contributed by atoms with Gasteiger partial charge in [0.15, 0.2) is 0 Å². The zero-order valence-corrected chi connectivity index (χ0v) is 13.8. The second kappa shape index (κ2) is 12.4. The van der Waals surface area contributed by atoms with Crippen molar-refractivity contribution in [2.75, 3.05) is 67.0 Å². The molecule has 0 aromatic carbocycles. The van der Waals surface area contributed by atoms with Crippen molar-refractivity contribution >= 4 is 0 Å². The quantitative estimate of drug-likeness (QED) is 0.496. The van der Waals surface area contributed by atoms with E-state index in [1.807, 2.05) is 0 Å². The van der Waals surface area contributed by atoms with Crippen molar-refractivity contribution in [1.82, 2.24) is 5.32 Å². The third kappa shape index (κ3) is 8.73. The highest BCUT2D eigenvalue weighted by Crippen LogP contribution is 2.40. The molecule has 0 aromatic heterocycles. The van der Waals surface area contributed by atoms with Crippen LogP contribution in [-0.2, 0) is 18.9 Å². The third-order valence-electron chi connectivity index (χ3n) is 4.23. The fourth-order valence-corrected chi connectivity index (χ4v) is 2.92. The summed E-state index contributed by atoms with van der Waals surface area (Å²) in [5.41, 5.74) is 0.435. The average molecular weight is 303 g/mol. The summed E-state index contributed by atoms with van der Waals surface area (Å²) < 4.78 is 21.1. The van der Waals surface area contributed by atoms with Gasteiger partial charge >= 0.3 is 0 Å². The van der Waals surface area contributed by atoms with Crippen LogP contribution >= 0.6 is 0 Å². The fourth-order valence-electron chi connectivity index (χ4n) is 2.92. The summed E-state index contributed by atoms with van der Waals surface area (Å²) >= 11 is 0. The third-order valence-corrected chi connectivity index (χ3v) is 4.23. The molecule has 1 fully saturated rings. The van der Waals surface area contributed by atoms with Gasteiger partial charge in [0.2, 0.25) is 0 Å². The van der Waals surface area contributed by atoms with Gasteiger partial charge in [-0.3, -0.25) is 0 Å². The predicted molar refractivity (Wildman–Crippen MR) is 83.8 cm³/mol. The summed E-state index contributed by atoms with van der Waals surface area (Å²) in [6.45, 7) is 6.27. The van der Waals surface area contributed by atoms with Gasteiger partial charge in [-0.05, 0) is 24.7 Å². The SMILES string of the molecule is COCCNCC1(CCOCCOCCOC)CCCC1. The van der Waals surface area contributed by atoms with Crippen LogP contribution in [0.5, 0.6) is 0 Å². The average Bonchev–Trinajstić information content (AvgIpc) is 2.96. The van der Waals surface area contributed by atoms with Crippen LogP contribution in [0.4, 0.5) is 0 Å². The van der Waals surface area contributed by atoms with Crippen LogP contribution < -0.4 is 5.32 Å². The molecular formula is C16H33NO4. The highest BCUT2D eigenvalue weighted by Gasteiger charge is 2.32. The molecule has 5 heteroatoms. The molecule has 21 heavy (non-hydrogen) atoms. The van der Waals surface area contributed by atoms with Gasteiger partial charge in [0.1, 0.15) is 0 Å². The number of hydrogen-bond donors (Lipinski definition) is 1. The molecule has 1 aliphatic carbocycles. The molecule has 1 rings (SSSR count). The maximum atomic E-state index is 5.71. The van der Waals surface area contributed by atoms with Crippen LogP contribution in [0.25, 0.3) is 0 Å². The zero-order chi connectivity index (χ0) is 15.2. The minimum atomic E-state index is 0.435. The molecule has 0 unspecified atom stereocenters. The monoisotopic (exact) mass is 303 g/mol. The Bertz CT molecular complexity index is 232. The Morgan fingerprint density at radius 2 is 1.43 bits per heavy atom. The highest BCUT2D eigenvalue weighted by molar-refractivity contribution is 4.86. The topological polar surface area (TPSA) is 49.0 Å². The Kier molecular flexibility index (Phi) is 11.1. The van der Waals surface area contributed by atoms with Gasteiger partial charge in [0.05, 0.1) is 33.0 Å². The van der Waals surface area contributed by atoms with E-state index in [1.54, 1.807) is 14.2 Å². The number of hydrogen-bond acceptors (Lipinski definition) is 5. The van der Waals surface area contributed by atoms with E-state index >= 15 is 0 Å². The van der Waals surface area contributed by atoms with Gasteiger partial charge in [-0.2, -0.15) is 0 Å². The van der Waals surface area contributed by atoms with Crippen molar-refractivity contribution < 1.29 is 18.9 Å². The number of methoxy groups -OCH3 is 2. The van der Waals surface area contributed by atoms with Crippen molar-refractivity contribution in [1.29, 1.82) is 0 Å². The summed E-state index contributed by atoms with van der Waals surface area (Å²) in [5, 5.41) is 3.53. The van der Waals surface area contributed by atoms with Crippen LogP contribution in [0.2, 0.25) is 0 Å². The van der Waals surface area contributed by atoms with Crippen molar-refractivity contribution in [3.63, 3.8) is 0 Å². The smallest absolute Gasteiger partial charge is 0.0701 e. The molecule has 0 aromatic rings. The molecule has 0 atom stereocenters. The van der Waals surface area contributed by atoms with E-state index < -0.39 is 0 Å². The molecule has 1 aliphatic rings. The summed E-state index contributed by atoms with van der Waals surface area (Å²) in [5.74, 6) is 0. The van der Waals surface area contributed by atoms with E-state index in [0.717, 1.165) is 32.7 Å². The van der Waals surface area contributed by atoms with Gasteiger partial charge < -0.3 is 24.3 Å². The van der Waals surface area contributed by atoms with Crippen molar-refractivity contribution in [3.8, 4) is 0 Å². The minimum Gasteiger partial charge on any atom is -0.383 e. The second-order valence-corrected chi connectivity index (χ2v) is 5.84. The molecule has 0 saturated heterocycles. The van der Waals surface area contributed by atoms with E-state index in [0.29, 0.717) is 31.8 Å². The number of ether oxygens (including phenoxy) is 4. The van der Waals surface area contributed by atoms with Gasteiger partial charge in [0.25, 0.3) is 0 Å². The Hall–Kier alpha value is -0.200. The lowest BCUT2D eigenvalue weighted by molar-refractivity contribution is 0.0165. The highest BCUT2D eigenvalue weighted by atomic mass is 16.5. The van der Waals surface area contributed by atoms with Crippen LogP contribution in [0.3, 0.4) is 0 Å².